The van der Waals surface area contributed by atoms with Crippen molar-refractivity contribution in [3.05, 3.63) is 0 Å². The lowest BCUT2D eigenvalue weighted by atomic mass is 10.1. The second-order valence-corrected chi connectivity index (χ2v) is 4.18. The number of methoxy groups -OCH3 is 1. The van der Waals surface area contributed by atoms with Crippen LogP contribution in [0.5, 0.6) is 0 Å². The number of ether oxygens (including phenoxy) is 1. The van der Waals surface area contributed by atoms with Crippen molar-refractivity contribution in [1.82, 2.24) is 10.2 Å². The van der Waals surface area contributed by atoms with Gasteiger partial charge in [-0.3, -0.25) is 4.79 Å². The molecule has 16 heavy (non-hydrogen) atoms. The van der Waals surface area contributed by atoms with Crippen LogP contribution in [-0.2, 0) is 9.53 Å². The maximum atomic E-state index is 11.5. The molecule has 0 aliphatic rings. The van der Waals surface area contributed by atoms with Gasteiger partial charge in [-0.25, -0.2) is 0 Å². The van der Waals surface area contributed by atoms with Crippen molar-refractivity contribution in [3.8, 4) is 0 Å². The van der Waals surface area contributed by atoms with Gasteiger partial charge in [0.15, 0.2) is 0 Å². The fourth-order valence-corrected chi connectivity index (χ4v) is 1.12. The Morgan fingerprint density at radius 2 is 2.19 bits per heavy atom. The lowest BCUT2D eigenvalue weighted by Gasteiger charge is -2.17. The molecule has 1 unspecified atom stereocenters. The Kier molecular flexibility index (Phi) is 8.05. The third-order valence-electron chi connectivity index (χ3n) is 2.29. The molecule has 0 saturated heterocycles. The Morgan fingerprint density at radius 3 is 2.69 bits per heavy atom. The molecule has 0 rings (SSSR count). The molecule has 0 fully saturated rings. The second-order valence-electron chi connectivity index (χ2n) is 3.71. The van der Waals surface area contributed by atoms with Gasteiger partial charge in [0.1, 0.15) is 0 Å². The van der Waals surface area contributed by atoms with Crippen molar-refractivity contribution in [2.45, 2.75) is 6.92 Å². The minimum atomic E-state index is -0.403. The van der Waals surface area contributed by atoms with Crippen molar-refractivity contribution in [3.63, 3.8) is 0 Å². The molecule has 0 saturated carbocycles. The van der Waals surface area contributed by atoms with E-state index in [2.05, 4.69) is 10.2 Å². The first-order chi connectivity index (χ1) is 7.49. The van der Waals surface area contributed by atoms with Crippen LogP contribution in [0.2, 0.25) is 0 Å². The summed E-state index contributed by atoms with van der Waals surface area (Å²) in [5.74, 6) is -0.521. The zero-order chi connectivity index (χ0) is 12.6. The number of carbonyl (C=O) groups excluding carboxylic acids is 1. The van der Waals surface area contributed by atoms with Gasteiger partial charge in [-0.2, -0.15) is 0 Å². The molecule has 0 aromatic rings. The van der Waals surface area contributed by atoms with Crippen molar-refractivity contribution < 1.29 is 9.53 Å². The van der Waals surface area contributed by atoms with Crippen molar-refractivity contribution in [2.24, 2.45) is 11.7 Å². The van der Waals surface area contributed by atoms with Crippen LogP contribution < -0.4 is 11.1 Å². The lowest BCUT2D eigenvalue weighted by molar-refractivity contribution is -0.122. The summed E-state index contributed by atoms with van der Waals surface area (Å²) in [6.07, 6.45) is 0. The van der Waals surface area contributed by atoms with E-state index in [0.717, 1.165) is 13.1 Å². The first-order valence-corrected chi connectivity index (χ1v) is 5.64. The Balaban J connectivity index is 3.65. The molecule has 1 atom stereocenters. The molecular weight excluding hydrogens is 226 g/mol. The minimum absolute atomic E-state index is 0.118. The van der Waals surface area contributed by atoms with E-state index in [9.17, 15) is 4.79 Å². The van der Waals surface area contributed by atoms with Crippen LogP contribution >= 0.6 is 12.2 Å². The summed E-state index contributed by atoms with van der Waals surface area (Å²) in [6.45, 7) is 4.60. The molecule has 1 amide bonds. The van der Waals surface area contributed by atoms with E-state index in [1.54, 1.807) is 14.0 Å². The molecule has 0 aliphatic carbocycles. The summed E-state index contributed by atoms with van der Waals surface area (Å²) < 4.78 is 4.95. The number of nitrogens with two attached hydrogens (primary N) is 1. The van der Waals surface area contributed by atoms with Crippen LogP contribution in [0, 0.1) is 5.92 Å². The zero-order valence-electron chi connectivity index (χ0n) is 10.2. The largest absolute Gasteiger partial charge is 0.393 e. The summed E-state index contributed by atoms with van der Waals surface area (Å²) >= 11 is 4.74. The topological polar surface area (TPSA) is 67.6 Å². The average Bonchev–Trinajstić information content (AvgIpc) is 2.24. The van der Waals surface area contributed by atoms with Gasteiger partial charge in [0.05, 0.1) is 17.5 Å². The minimum Gasteiger partial charge on any atom is -0.393 e. The highest BCUT2D eigenvalue weighted by Gasteiger charge is 2.14. The summed E-state index contributed by atoms with van der Waals surface area (Å²) in [7, 11) is 3.64. The Morgan fingerprint density at radius 1 is 1.56 bits per heavy atom. The second kappa shape index (κ2) is 8.43. The number of hydrogen-bond acceptors (Lipinski definition) is 4. The molecule has 0 aromatic carbocycles. The number of nitrogens with one attached hydrogen (secondary N) is 1. The molecule has 94 valence electrons. The van der Waals surface area contributed by atoms with E-state index in [1.165, 1.54) is 0 Å². The Hall–Kier alpha value is -0.720. The van der Waals surface area contributed by atoms with Gasteiger partial charge in [-0.05, 0) is 14.0 Å². The highest BCUT2D eigenvalue weighted by Crippen LogP contribution is 1.94. The number of hydrogen-bond donors (Lipinski definition) is 2. The summed E-state index contributed by atoms with van der Waals surface area (Å²) in [4.78, 5) is 13.8. The smallest absolute Gasteiger partial charge is 0.229 e. The summed E-state index contributed by atoms with van der Waals surface area (Å²) in [6, 6.07) is 0. The molecule has 6 heteroatoms. The fraction of sp³-hybridized carbons (Fsp3) is 0.800. The van der Waals surface area contributed by atoms with Crippen LogP contribution in [0.25, 0.3) is 0 Å². The first kappa shape index (κ1) is 15.3. The molecule has 0 bridgehead atoms. The average molecular weight is 247 g/mol. The Labute approximate surface area is 102 Å². The highest BCUT2D eigenvalue weighted by molar-refractivity contribution is 7.80. The number of nitrogens with zero attached hydrogens (tertiary/aromatic N) is 1. The molecule has 5 nitrogen and oxygen atoms in total. The van der Waals surface area contributed by atoms with Gasteiger partial charge in [-0.15, -0.1) is 0 Å². The molecule has 0 aliphatic heterocycles. The number of likely N-dealkylation sites (N-methyl/N-ethyl adjacent to an activating group) is 1. The van der Waals surface area contributed by atoms with Crippen LogP contribution in [0.15, 0.2) is 0 Å². The van der Waals surface area contributed by atoms with Crippen molar-refractivity contribution in [2.75, 3.05) is 40.4 Å². The van der Waals surface area contributed by atoms with Gasteiger partial charge < -0.3 is 20.7 Å². The lowest BCUT2D eigenvalue weighted by Crippen LogP contribution is -2.40. The molecule has 0 heterocycles. The van der Waals surface area contributed by atoms with E-state index in [-0.39, 0.29) is 10.9 Å². The van der Waals surface area contributed by atoms with Crippen LogP contribution in [0.4, 0.5) is 0 Å². The number of rotatable bonds is 8. The third-order valence-corrected chi connectivity index (χ3v) is 2.64. The van der Waals surface area contributed by atoms with Crippen molar-refractivity contribution in [1.29, 1.82) is 0 Å². The van der Waals surface area contributed by atoms with Gasteiger partial charge in [0.2, 0.25) is 5.91 Å². The van der Waals surface area contributed by atoms with Crippen LogP contribution in [0.1, 0.15) is 6.92 Å². The quantitative estimate of drug-likeness (QED) is 0.571. The van der Waals surface area contributed by atoms with E-state index in [0.29, 0.717) is 13.2 Å². The predicted molar refractivity (Wildman–Crippen MR) is 68.3 cm³/mol. The Bertz CT molecular complexity index is 236. The zero-order valence-corrected chi connectivity index (χ0v) is 11.0. The molecule has 3 N–H and O–H groups in total. The van der Waals surface area contributed by atoms with E-state index >= 15 is 0 Å². The van der Waals surface area contributed by atoms with Gasteiger partial charge in [0, 0.05) is 26.7 Å². The van der Waals surface area contributed by atoms with E-state index in [1.807, 2.05) is 7.05 Å². The SMILES string of the molecule is COCCN(C)CCNC(=O)C(C)C(N)=S. The number of amides is 1. The predicted octanol–water partition coefficient (Wildman–Crippen LogP) is -0.397. The summed E-state index contributed by atoms with van der Waals surface area (Å²) in [5, 5.41) is 2.78. The molecule has 0 aromatic heterocycles. The monoisotopic (exact) mass is 247 g/mol. The first-order valence-electron chi connectivity index (χ1n) is 5.23. The number of carbonyl (C=O) groups is 1. The van der Waals surface area contributed by atoms with E-state index < -0.39 is 5.92 Å². The fourth-order valence-electron chi connectivity index (χ4n) is 1.01. The molecule has 0 radical (unpaired) electrons. The number of thiocarbonyl (C=S) groups is 1. The maximum Gasteiger partial charge on any atom is 0.229 e. The molecule has 0 spiro atoms. The normalized spacial score (nSPS) is 12.5. The third kappa shape index (κ3) is 6.71. The van der Waals surface area contributed by atoms with Crippen LogP contribution in [0.3, 0.4) is 0 Å². The standard InChI is InChI=1S/C10H21N3O2S/c1-8(9(11)16)10(14)12-4-5-13(2)6-7-15-3/h8H,4-7H2,1-3H3,(H2,11,16)(H,12,14). The summed E-state index contributed by atoms with van der Waals surface area (Å²) in [5.41, 5.74) is 5.38. The van der Waals surface area contributed by atoms with Gasteiger partial charge >= 0.3 is 0 Å². The van der Waals surface area contributed by atoms with E-state index in [4.69, 9.17) is 22.7 Å². The maximum absolute atomic E-state index is 11.5. The molecular formula is C10H21N3O2S. The van der Waals surface area contributed by atoms with Crippen LogP contribution in [-0.4, -0.2) is 56.2 Å². The van der Waals surface area contributed by atoms with Crippen molar-refractivity contribution >= 4 is 23.1 Å². The van der Waals surface area contributed by atoms with Gasteiger partial charge in [-0.1, -0.05) is 12.2 Å². The highest BCUT2D eigenvalue weighted by atomic mass is 32.1. The van der Waals surface area contributed by atoms with Gasteiger partial charge in [0.25, 0.3) is 0 Å².